The minimum absolute atomic E-state index is 0. The molecule has 0 fully saturated rings. The predicted molar refractivity (Wildman–Crippen MR) is 33.7 cm³/mol. The SMILES string of the molecule is CC(=O)C(C)(C)C.O. The Labute approximate surface area is 50.2 Å². The lowest BCUT2D eigenvalue weighted by atomic mass is 9.92. The molecule has 8 heavy (non-hydrogen) atoms. The molecule has 0 saturated carbocycles. The number of hydrogen-bond acceptors (Lipinski definition) is 1. The number of ketones is 1. The van der Waals surface area contributed by atoms with Gasteiger partial charge in [-0.25, -0.2) is 0 Å². The van der Waals surface area contributed by atoms with Gasteiger partial charge in [0.25, 0.3) is 0 Å². The van der Waals surface area contributed by atoms with Crippen LogP contribution in [0.25, 0.3) is 0 Å². The Morgan fingerprint density at radius 3 is 1.38 bits per heavy atom. The summed E-state index contributed by atoms with van der Waals surface area (Å²) in [7, 11) is 0. The second-order valence-electron chi connectivity index (χ2n) is 2.81. The second-order valence-corrected chi connectivity index (χ2v) is 2.81. The highest BCUT2D eigenvalue weighted by Crippen LogP contribution is 2.12. The van der Waals surface area contributed by atoms with Crippen molar-refractivity contribution in [3.05, 3.63) is 0 Å². The van der Waals surface area contributed by atoms with Gasteiger partial charge < -0.3 is 5.48 Å². The van der Waals surface area contributed by atoms with Crippen molar-refractivity contribution in [3.63, 3.8) is 0 Å². The maximum atomic E-state index is 10.5. The number of rotatable bonds is 0. The molecule has 50 valence electrons. The van der Waals surface area contributed by atoms with Crippen LogP contribution in [0.2, 0.25) is 0 Å². The van der Waals surface area contributed by atoms with Crippen molar-refractivity contribution in [2.75, 3.05) is 0 Å². The van der Waals surface area contributed by atoms with Crippen LogP contribution in [-0.4, -0.2) is 11.3 Å². The fraction of sp³-hybridized carbons (Fsp3) is 0.833. The maximum absolute atomic E-state index is 10.5. The van der Waals surface area contributed by atoms with Gasteiger partial charge in [0.2, 0.25) is 0 Å². The fourth-order valence-corrected chi connectivity index (χ4v) is 0. The third-order valence-corrected chi connectivity index (χ3v) is 1.06. The molecule has 0 radical (unpaired) electrons. The molecule has 0 aliphatic carbocycles. The van der Waals surface area contributed by atoms with Gasteiger partial charge in [-0.05, 0) is 6.92 Å². The number of Topliss-reactive ketones (excluding diaryl/α,β-unsaturated/α-hetero) is 1. The van der Waals surface area contributed by atoms with Crippen LogP contribution in [0.3, 0.4) is 0 Å². The van der Waals surface area contributed by atoms with Crippen LogP contribution < -0.4 is 0 Å². The van der Waals surface area contributed by atoms with Crippen LogP contribution >= 0.6 is 0 Å². The summed E-state index contributed by atoms with van der Waals surface area (Å²) in [4.78, 5) is 10.5. The first-order chi connectivity index (χ1) is 2.94. The van der Waals surface area contributed by atoms with E-state index in [0.717, 1.165) is 0 Å². The summed E-state index contributed by atoms with van der Waals surface area (Å²) in [5, 5.41) is 0. The molecule has 0 aromatic heterocycles. The smallest absolute Gasteiger partial charge is 0.135 e. The van der Waals surface area contributed by atoms with Gasteiger partial charge in [-0.3, -0.25) is 4.79 Å². The van der Waals surface area contributed by atoms with E-state index in [1.165, 1.54) is 0 Å². The van der Waals surface area contributed by atoms with E-state index in [9.17, 15) is 4.79 Å². The van der Waals surface area contributed by atoms with Gasteiger partial charge in [0.05, 0.1) is 0 Å². The van der Waals surface area contributed by atoms with Gasteiger partial charge in [0.15, 0.2) is 0 Å². The Hall–Kier alpha value is -0.370. The Morgan fingerprint density at radius 2 is 1.38 bits per heavy atom. The molecule has 0 rings (SSSR count). The summed E-state index contributed by atoms with van der Waals surface area (Å²) in [5.41, 5.74) is -0.139. The summed E-state index contributed by atoms with van der Waals surface area (Å²) < 4.78 is 0. The van der Waals surface area contributed by atoms with E-state index in [0.29, 0.717) is 0 Å². The molecule has 2 heteroatoms. The normalized spacial score (nSPS) is 10.0. The first-order valence-electron chi connectivity index (χ1n) is 2.45. The molecular formula is C6H14O2. The largest absolute Gasteiger partial charge is 0.412 e. The molecule has 0 unspecified atom stereocenters. The molecule has 0 bridgehead atoms. The highest BCUT2D eigenvalue weighted by Gasteiger charge is 2.14. The summed E-state index contributed by atoms with van der Waals surface area (Å²) >= 11 is 0. The Bertz CT molecular complexity index is 79.0. The summed E-state index contributed by atoms with van der Waals surface area (Å²) in [6, 6.07) is 0. The average Bonchev–Trinajstić information content (AvgIpc) is 1.31. The maximum Gasteiger partial charge on any atom is 0.135 e. The van der Waals surface area contributed by atoms with Crippen LogP contribution in [0.1, 0.15) is 27.7 Å². The van der Waals surface area contributed by atoms with Crippen molar-refractivity contribution in [1.29, 1.82) is 0 Å². The zero-order chi connectivity index (χ0) is 6.08. The minimum Gasteiger partial charge on any atom is -0.412 e. The number of carbonyl (C=O) groups is 1. The topological polar surface area (TPSA) is 48.6 Å². The quantitative estimate of drug-likeness (QED) is 0.464. The summed E-state index contributed by atoms with van der Waals surface area (Å²) in [6.45, 7) is 7.35. The molecule has 2 nitrogen and oxygen atoms in total. The third-order valence-electron chi connectivity index (χ3n) is 1.06. The van der Waals surface area contributed by atoms with Crippen LogP contribution in [-0.2, 0) is 4.79 Å². The van der Waals surface area contributed by atoms with Gasteiger partial charge in [-0.1, -0.05) is 20.8 Å². The van der Waals surface area contributed by atoms with Gasteiger partial charge in [-0.15, -0.1) is 0 Å². The van der Waals surface area contributed by atoms with E-state index < -0.39 is 0 Å². The van der Waals surface area contributed by atoms with E-state index in [-0.39, 0.29) is 16.7 Å². The molecule has 0 saturated heterocycles. The Morgan fingerprint density at radius 1 is 1.25 bits per heavy atom. The van der Waals surface area contributed by atoms with E-state index >= 15 is 0 Å². The zero-order valence-corrected chi connectivity index (χ0v) is 5.91. The second kappa shape index (κ2) is 2.82. The van der Waals surface area contributed by atoms with E-state index in [4.69, 9.17) is 0 Å². The van der Waals surface area contributed by atoms with Crippen molar-refractivity contribution in [2.24, 2.45) is 5.41 Å². The lowest BCUT2D eigenvalue weighted by Crippen LogP contribution is -2.15. The summed E-state index contributed by atoms with van der Waals surface area (Å²) in [6.07, 6.45) is 0. The Kier molecular flexibility index (Phi) is 3.73. The van der Waals surface area contributed by atoms with Crippen LogP contribution in [0.5, 0.6) is 0 Å². The molecule has 0 aromatic carbocycles. The summed E-state index contributed by atoms with van der Waals surface area (Å²) in [5.74, 6) is 0.243. The first kappa shape index (κ1) is 10.6. The molecule has 0 heterocycles. The average molecular weight is 118 g/mol. The van der Waals surface area contributed by atoms with Gasteiger partial charge in [-0.2, -0.15) is 0 Å². The van der Waals surface area contributed by atoms with E-state index in [1.807, 2.05) is 20.8 Å². The highest BCUT2D eigenvalue weighted by molar-refractivity contribution is 5.80. The standard InChI is InChI=1S/C6H12O.H2O/c1-5(7)6(2,3)4;/h1-4H3;1H2. The molecule has 0 atom stereocenters. The lowest BCUT2D eigenvalue weighted by molar-refractivity contribution is -0.124. The first-order valence-corrected chi connectivity index (χ1v) is 2.45. The van der Waals surface area contributed by atoms with Crippen molar-refractivity contribution in [3.8, 4) is 0 Å². The third kappa shape index (κ3) is 3.81. The number of carbonyl (C=O) groups excluding carboxylic acids is 1. The molecule has 0 aromatic rings. The molecule has 0 aliphatic heterocycles. The van der Waals surface area contributed by atoms with Crippen LogP contribution in [0.15, 0.2) is 0 Å². The molecular weight excluding hydrogens is 104 g/mol. The fourth-order valence-electron chi connectivity index (χ4n) is 0. The highest BCUT2D eigenvalue weighted by atomic mass is 16.1. The Balaban J connectivity index is 0. The van der Waals surface area contributed by atoms with Gasteiger partial charge in [0.1, 0.15) is 5.78 Å². The van der Waals surface area contributed by atoms with Gasteiger partial charge in [0, 0.05) is 5.41 Å². The molecule has 2 N–H and O–H groups in total. The van der Waals surface area contributed by atoms with Crippen LogP contribution in [0.4, 0.5) is 0 Å². The van der Waals surface area contributed by atoms with Crippen molar-refractivity contribution >= 4 is 5.78 Å². The van der Waals surface area contributed by atoms with Gasteiger partial charge >= 0.3 is 0 Å². The number of hydrogen-bond donors (Lipinski definition) is 0. The van der Waals surface area contributed by atoms with E-state index in [2.05, 4.69) is 0 Å². The zero-order valence-electron chi connectivity index (χ0n) is 5.91. The van der Waals surface area contributed by atoms with Crippen molar-refractivity contribution < 1.29 is 10.3 Å². The van der Waals surface area contributed by atoms with E-state index in [1.54, 1.807) is 6.92 Å². The van der Waals surface area contributed by atoms with Crippen LogP contribution in [0, 0.1) is 5.41 Å². The van der Waals surface area contributed by atoms with Crippen molar-refractivity contribution in [1.82, 2.24) is 0 Å². The minimum atomic E-state index is -0.139. The predicted octanol–water partition coefficient (Wildman–Crippen LogP) is 0.797. The lowest BCUT2D eigenvalue weighted by Gasteiger charge is -2.11. The molecule has 0 aliphatic rings. The monoisotopic (exact) mass is 118 g/mol. The molecule has 0 spiro atoms. The van der Waals surface area contributed by atoms with Crippen molar-refractivity contribution in [2.45, 2.75) is 27.7 Å². The molecule has 0 amide bonds.